The van der Waals surface area contributed by atoms with Gasteiger partial charge in [-0.15, -0.1) is 0 Å². The lowest BCUT2D eigenvalue weighted by Gasteiger charge is -2.21. The summed E-state index contributed by atoms with van der Waals surface area (Å²) >= 11 is 6.03. The molecule has 0 saturated carbocycles. The molecule has 0 aliphatic carbocycles. The average Bonchev–Trinajstić information content (AvgIpc) is 2.74. The van der Waals surface area contributed by atoms with Crippen molar-refractivity contribution in [3.8, 4) is 5.75 Å². The quantitative estimate of drug-likeness (QED) is 0.211. The fourth-order valence-corrected chi connectivity index (χ4v) is 3.08. The van der Waals surface area contributed by atoms with E-state index in [1.54, 1.807) is 12.1 Å². The van der Waals surface area contributed by atoms with Gasteiger partial charge in [-0.05, 0) is 63.1 Å². The van der Waals surface area contributed by atoms with Gasteiger partial charge in [-0.2, -0.15) is 0 Å². The van der Waals surface area contributed by atoms with Crippen LogP contribution in [0.2, 0.25) is 5.02 Å². The molecule has 6 heteroatoms. The number of halogens is 1. The highest BCUT2D eigenvalue weighted by atomic mass is 35.5. The molecule has 2 aromatic rings. The first-order valence-electron chi connectivity index (χ1n) is 10.8. The maximum absolute atomic E-state index is 11.3. The number of aliphatic carboxylic acids is 1. The molecular weight excluding hydrogens is 414 g/mol. The van der Waals surface area contributed by atoms with Crippen molar-refractivity contribution in [1.29, 1.82) is 0 Å². The van der Waals surface area contributed by atoms with E-state index in [2.05, 4.69) is 12.1 Å². The van der Waals surface area contributed by atoms with Gasteiger partial charge in [-0.3, -0.25) is 0 Å². The van der Waals surface area contributed by atoms with Crippen LogP contribution in [0.25, 0.3) is 0 Å². The zero-order valence-electron chi connectivity index (χ0n) is 18.6. The first-order valence-corrected chi connectivity index (χ1v) is 11.2. The number of carbonyl (C=O) groups is 1. The highest BCUT2D eigenvalue weighted by molar-refractivity contribution is 6.30. The predicted molar refractivity (Wildman–Crippen MR) is 125 cm³/mol. The van der Waals surface area contributed by atoms with Gasteiger partial charge >= 0.3 is 5.97 Å². The molecule has 31 heavy (non-hydrogen) atoms. The number of hydrogen-bond acceptors (Lipinski definition) is 4. The first-order chi connectivity index (χ1) is 14.8. The molecule has 0 radical (unpaired) electrons. The van der Waals surface area contributed by atoms with Crippen molar-refractivity contribution in [1.82, 2.24) is 0 Å². The minimum Gasteiger partial charge on any atom is -0.478 e. The van der Waals surface area contributed by atoms with Gasteiger partial charge in [0.2, 0.25) is 0 Å². The third kappa shape index (κ3) is 8.25. The molecule has 168 valence electrons. The fourth-order valence-electron chi connectivity index (χ4n) is 2.96. The number of carboxylic acids is 1. The fraction of sp³-hybridized carbons (Fsp3) is 0.440. The molecule has 0 saturated heterocycles. The SMILES string of the molecule is CCCCCCCCO/N=C(/c1ccc(Cl)cc1)c1ccc(OC(C)(C)C(=O)O)cc1. The van der Waals surface area contributed by atoms with E-state index >= 15 is 0 Å². The summed E-state index contributed by atoms with van der Waals surface area (Å²) in [6.07, 6.45) is 7.11. The molecule has 0 amide bonds. The van der Waals surface area contributed by atoms with Gasteiger partial charge in [0.15, 0.2) is 5.60 Å². The standard InChI is InChI=1S/C25H32ClNO4/c1-4-5-6-7-8-9-18-30-27-23(19-10-14-21(26)15-11-19)20-12-16-22(17-13-20)31-25(2,3)24(28)29/h10-17H,4-9,18H2,1-3H3,(H,28,29)/b27-23-. The molecule has 0 aliphatic heterocycles. The van der Waals surface area contributed by atoms with Crippen molar-refractivity contribution < 1.29 is 19.5 Å². The molecule has 0 bridgehead atoms. The molecule has 0 unspecified atom stereocenters. The second-order valence-corrected chi connectivity index (χ2v) is 8.43. The third-order valence-corrected chi connectivity index (χ3v) is 5.13. The Morgan fingerprint density at radius 1 is 0.935 bits per heavy atom. The molecule has 5 nitrogen and oxygen atoms in total. The molecule has 0 spiro atoms. The van der Waals surface area contributed by atoms with Crippen molar-refractivity contribution in [2.24, 2.45) is 5.16 Å². The zero-order valence-corrected chi connectivity index (χ0v) is 19.3. The molecule has 2 aromatic carbocycles. The Labute approximate surface area is 190 Å². The summed E-state index contributed by atoms with van der Waals surface area (Å²) in [5.74, 6) is -0.553. The van der Waals surface area contributed by atoms with Gasteiger partial charge in [0.05, 0.1) is 0 Å². The molecule has 2 rings (SSSR count). The van der Waals surface area contributed by atoms with Gasteiger partial charge in [0.1, 0.15) is 18.1 Å². The normalized spacial score (nSPS) is 11.9. The number of unbranched alkanes of at least 4 members (excludes halogenated alkanes) is 5. The van der Waals surface area contributed by atoms with E-state index in [1.165, 1.54) is 39.5 Å². The number of hydrogen-bond donors (Lipinski definition) is 1. The van der Waals surface area contributed by atoms with Crippen LogP contribution in [0.1, 0.15) is 70.4 Å². The second kappa shape index (κ2) is 12.4. The summed E-state index contributed by atoms with van der Waals surface area (Å²) in [6, 6.07) is 14.6. The largest absolute Gasteiger partial charge is 0.478 e. The van der Waals surface area contributed by atoms with Crippen LogP contribution in [-0.4, -0.2) is 29.0 Å². The topological polar surface area (TPSA) is 68.1 Å². The van der Waals surface area contributed by atoms with Crippen LogP contribution in [0.3, 0.4) is 0 Å². The summed E-state index contributed by atoms with van der Waals surface area (Å²) in [5.41, 5.74) is 1.10. The van der Waals surface area contributed by atoms with Crippen LogP contribution in [0.5, 0.6) is 5.75 Å². The van der Waals surface area contributed by atoms with Gasteiger partial charge in [0.25, 0.3) is 0 Å². The third-order valence-electron chi connectivity index (χ3n) is 4.88. The van der Waals surface area contributed by atoms with E-state index in [0.29, 0.717) is 23.1 Å². The van der Waals surface area contributed by atoms with E-state index in [0.717, 1.165) is 24.0 Å². The lowest BCUT2D eigenvalue weighted by Crippen LogP contribution is -2.37. The molecule has 0 fully saturated rings. The smallest absolute Gasteiger partial charge is 0.347 e. The number of carboxylic acid groups (broad SMARTS) is 1. The predicted octanol–water partition coefficient (Wildman–Crippen LogP) is 6.71. The van der Waals surface area contributed by atoms with Gasteiger partial charge < -0.3 is 14.7 Å². The first kappa shape index (κ1) is 24.7. The maximum Gasteiger partial charge on any atom is 0.347 e. The van der Waals surface area contributed by atoms with Crippen LogP contribution < -0.4 is 4.74 Å². The van der Waals surface area contributed by atoms with Gasteiger partial charge in [-0.1, -0.05) is 61.5 Å². The second-order valence-electron chi connectivity index (χ2n) is 7.99. The van der Waals surface area contributed by atoms with Gasteiger partial charge in [-0.25, -0.2) is 4.79 Å². The van der Waals surface area contributed by atoms with Crippen LogP contribution in [0, 0.1) is 0 Å². The molecule has 0 heterocycles. The molecule has 0 aromatic heterocycles. The maximum atomic E-state index is 11.3. The van der Waals surface area contributed by atoms with Crippen molar-refractivity contribution in [3.63, 3.8) is 0 Å². The number of oxime groups is 1. The van der Waals surface area contributed by atoms with Crippen molar-refractivity contribution in [2.45, 2.75) is 64.9 Å². The molecular formula is C25H32ClNO4. The highest BCUT2D eigenvalue weighted by Crippen LogP contribution is 2.22. The summed E-state index contributed by atoms with van der Waals surface area (Å²) in [4.78, 5) is 16.9. The Balaban J connectivity index is 2.10. The van der Waals surface area contributed by atoms with E-state index in [9.17, 15) is 9.90 Å². The van der Waals surface area contributed by atoms with Crippen LogP contribution in [0.15, 0.2) is 53.7 Å². The Bertz CT molecular complexity index is 845. The van der Waals surface area contributed by atoms with Crippen molar-refractivity contribution in [3.05, 3.63) is 64.7 Å². The minimum absolute atomic E-state index is 0.472. The summed E-state index contributed by atoms with van der Waals surface area (Å²) in [6.45, 7) is 5.80. The number of ether oxygens (including phenoxy) is 1. The Morgan fingerprint density at radius 3 is 2.06 bits per heavy atom. The van der Waals surface area contributed by atoms with Crippen LogP contribution in [0.4, 0.5) is 0 Å². The summed E-state index contributed by atoms with van der Waals surface area (Å²) < 4.78 is 5.58. The van der Waals surface area contributed by atoms with Gasteiger partial charge in [0, 0.05) is 16.1 Å². The van der Waals surface area contributed by atoms with Crippen LogP contribution >= 0.6 is 11.6 Å². The summed E-state index contributed by atoms with van der Waals surface area (Å²) in [7, 11) is 0. The van der Waals surface area contributed by atoms with E-state index in [1.807, 2.05) is 36.4 Å². The Morgan fingerprint density at radius 2 is 1.48 bits per heavy atom. The molecule has 1 N–H and O–H groups in total. The summed E-state index contributed by atoms with van der Waals surface area (Å²) in [5, 5.41) is 14.3. The van der Waals surface area contributed by atoms with Crippen LogP contribution in [-0.2, 0) is 9.63 Å². The van der Waals surface area contributed by atoms with Crippen molar-refractivity contribution in [2.75, 3.05) is 6.61 Å². The number of nitrogens with zero attached hydrogens (tertiary/aromatic N) is 1. The highest BCUT2D eigenvalue weighted by Gasteiger charge is 2.29. The molecule has 0 atom stereocenters. The minimum atomic E-state index is -1.31. The Hall–Kier alpha value is -2.53. The van der Waals surface area contributed by atoms with E-state index < -0.39 is 11.6 Å². The van der Waals surface area contributed by atoms with E-state index in [-0.39, 0.29) is 0 Å². The van der Waals surface area contributed by atoms with Crippen molar-refractivity contribution >= 4 is 23.3 Å². The number of rotatable bonds is 13. The zero-order chi connectivity index (χ0) is 22.7. The number of benzene rings is 2. The molecule has 0 aliphatic rings. The Kier molecular flexibility index (Phi) is 9.86. The lowest BCUT2D eigenvalue weighted by molar-refractivity contribution is -0.152. The lowest BCUT2D eigenvalue weighted by atomic mass is 10.0. The monoisotopic (exact) mass is 445 g/mol. The average molecular weight is 446 g/mol. The van der Waals surface area contributed by atoms with E-state index in [4.69, 9.17) is 21.2 Å².